The molecule has 2 N–H and O–H groups in total. The Morgan fingerprint density at radius 2 is 1.95 bits per heavy atom. The summed E-state index contributed by atoms with van der Waals surface area (Å²) in [6, 6.07) is 11.5. The quantitative estimate of drug-likeness (QED) is 0.849. The van der Waals surface area contributed by atoms with Crippen LogP contribution in [0.2, 0.25) is 0 Å². The van der Waals surface area contributed by atoms with Gasteiger partial charge in [0.1, 0.15) is 5.75 Å². The monoisotopic (exact) mass is 272 g/mol. The van der Waals surface area contributed by atoms with Crippen LogP contribution in [0.25, 0.3) is 11.3 Å². The number of para-hydroxylation sites is 1. The number of aromatic nitrogens is 1. The zero-order chi connectivity index (χ0) is 14.4. The lowest BCUT2D eigenvalue weighted by Crippen LogP contribution is -2.20. The second-order valence-electron chi connectivity index (χ2n) is 4.44. The third kappa shape index (κ3) is 3.27. The van der Waals surface area contributed by atoms with Gasteiger partial charge >= 0.3 is 0 Å². The second-order valence-corrected chi connectivity index (χ2v) is 4.44. The van der Waals surface area contributed by atoms with Gasteiger partial charge in [-0.3, -0.25) is 4.79 Å². The first-order chi connectivity index (χ1) is 9.76. The van der Waals surface area contributed by atoms with Gasteiger partial charge in [-0.15, -0.1) is 0 Å². The van der Waals surface area contributed by atoms with Crippen molar-refractivity contribution in [2.24, 2.45) is 0 Å². The molecule has 1 aromatic carbocycles. The highest BCUT2D eigenvalue weighted by Gasteiger charge is 2.07. The first kappa shape index (κ1) is 14.3. The summed E-state index contributed by atoms with van der Waals surface area (Å²) in [5.74, 6) is 0.782. The Bertz CT molecular complexity index is 620. The van der Waals surface area contributed by atoms with Gasteiger partial charge in [-0.1, -0.05) is 25.1 Å². The Morgan fingerprint density at radius 3 is 2.65 bits per heavy atom. The highest BCUT2D eigenvalue weighted by Crippen LogP contribution is 2.27. The summed E-state index contributed by atoms with van der Waals surface area (Å²) in [5.41, 5.74) is 2.36. The van der Waals surface area contributed by atoms with Crippen molar-refractivity contribution in [3.05, 3.63) is 52.3 Å². The number of benzene rings is 1. The van der Waals surface area contributed by atoms with Gasteiger partial charge in [0.15, 0.2) is 0 Å². The van der Waals surface area contributed by atoms with Crippen molar-refractivity contribution in [3.8, 4) is 17.0 Å². The predicted octanol–water partition coefficient (Wildman–Crippen LogP) is 2.55. The number of rotatable bonds is 6. The number of nitrogens with one attached hydrogen (secondary N) is 2. The highest BCUT2D eigenvalue weighted by molar-refractivity contribution is 5.66. The lowest BCUT2D eigenvalue weighted by atomic mass is 10.1. The van der Waals surface area contributed by atoms with E-state index >= 15 is 0 Å². The maximum atomic E-state index is 12.1. The Morgan fingerprint density at radius 1 is 1.15 bits per heavy atom. The maximum Gasteiger partial charge on any atom is 0.252 e. The van der Waals surface area contributed by atoms with Gasteiger partial charge in [-0.2, -0.15) is 0 Å². The van der Waals surface area contributed by atoms with Gasteiger partial charge < -0.3 is 15.0 Å². The lowest BCUT2D eigenvalue weighted by molar-refractivity contribution is 0.341. The minimum atomic E-state index is -0.0604. The molecule has 106 valence electrons. The fourth-order valence-corrected chi connectivity index (χ4v) is 2.03. The van der Waals surface area contributed by atoms with Crippen LogP contribution in [-0.4, -0.2) is 18.1 Å². The van der Waals surface area contributed by atoms with Crippen LogP contribution in [-0.2, 0) is 6.54 Å². The summed E-state index contributed by atoms with van der Waals surface area (Å²) in [6.45, 7) is 5.98. The fourth-order valence-electron chi connectivity index (χ4n) is 2.03. The molecule has 0 aliphatic carbocycles. The molecule has 1 aromatic heterocycles. The SMILES string of the molecule is CCNCc1ccc(-c2ccccc2OCC)[nH]c1=O. The number of aromatic amines is 1. The summed E-state index contributed by atoms with van der Waals surface area (Å²) in [4.78, 5) is 15.0. The normalized spacial score (nSPS) is 10.5. The number of ether oxygens (including phenoxy) is 1. The number of hydrogen-bond donors (Lipinski definition) is 2. The number of H-pyrrole nitrogens is 1. The van der Waals surface area contributed by atoms with E-state index in [1.54, 1.807) is 0 Å². The Balaban J connectivity index is 2.34. The molecule has 0 saturated heterocycles. The molecule has 0 radical (unpaired) electrons. The molecule has 0 unspecified atom stereocenters. The van der Waals surface area contributed by atoms with E-state index in [1.165, 1.54) is 0 Å². The molecule has 0 bridgehead atoms. The van der Waals surface area contributed by atoms with Crippen molar-refractivity contribution in [1.82, 2.24) is 10.3 Å². The van der Waals surface area contributed by atoms with Crippen LogP contribution in [0, 0.1) is 0 Å². The van der Waals surface area contributed by atoms with Crippen molar-refractivity contribution in [1.29, 1.82) is 0 Å². The molecule has 4 nitrogen and oxygen atoms in total. The minimum absolute atomic E-state index is 0.0604. The molecule has 0 spiro atoms. The number of hydrogen-bond acceptors (Lipinski definition) is 3. The van der Waals surface area contributed by atoms with Crippen LogP contribution >= 0.6 is 0 Å². The van der Waals surface area contributed by atoms with E-state index in [-0.39, 0.29) is 5.56 Å². The van der Waals surface area contributed by atoms with Gasteiger partial charge in [0.25, 0.3) is 5.56 Å². The number of pyridine rings is 1. The van der Waals surface area contributed by atoms with E-state index in [0.29, 0.717) is 13.2 Å². The molecular formula is C16H20N2O2. The Labute approximate surface area is 118 Å². The molecule has 0 aliphatic rings. The molecule has 0 amide bonds. The van der Waals surface area contributed by atoms with E-state index in [0.717, 1.165) is 29.1 Å². The zero-order valence-corrected chi connectivity index (χ0v) is 11.9. The van der Waals surface area contributed by atoms with Gasteiger partial charge in [0.2, 0.25) is 0 Å². The van der Waals surface area contributed by atoms with E-state index < -0.39 is 0 Å². The van der Waals surface area contributed by atoms with Crippen molar-refractivity contribution in [2.45, 2.75) is 20.4 Å². The maximum absolute atomic E-state index is 12.1. The van der Waals surface area contributed by atoms with Crippen LogP contribution in [0.3, 0.4) is 0 Å². The van der Waals surface area contributed by atoms with E-state index in [4.69, 9.17) is 4.74 Å². The fraction of sp³-hybridized carbons (Fsp3) is 0.312. The van der Waals surface area contributed by atoms with Crippen LogP contribution in [0.15, 0.2) is 41.2 Å². The molecule has 2 aromatic rings. The van der Waals surface area contributed by atoms with Gasteiger partial charge in [-0.25, -0.2) is 0 Å². The summed E-state index contributed by atoms with van der Waals surface area (Å²) in [7, 11) is 0. The smallest absolute Gasteiger partial charge is 0.252 e. The van der Waals surface area contributed by atoms with E-state index in [1.807, 2.05) is 50.2 Å². The van der Waals surface area contributed by atoms with Crippen molar-refractivity contribution in [3.63, 3.8) is 0 Å². The minimum Gasteiger partial charge on any atom is -0.493 e. The second kappa shape index (κ2) is 6.91. The first-order valence-electron chi connectivity index (χ1n) is 6.91. The molecule has 1 heterocycles. The zero-order valence-electron chi connectivity index (χ0n) is 11.9. The molecule has 4 heteroatoms. The summed E-state index contributed by atoms with van der Waals surface area (Å²) >= 11 is 0. The first-order valence-corrected chi connectivity index (χ1v) is 6.91. The topological polar surface area (TPSA) is 54.1 Å². The summed E-state index contributed by atoms with van der Waals surface area (Å²) < 4.78 is 5.59. The van der Waals surface area contributed by atoms with Crippen LogP contribution in [0.5, 0.6) is 5.75 Å². The standard InChI is InChI=1S/C16H20N2O2/c1-3-17-11-12-9-10-14(18-16(12)19)13-7-5-6-8-15(13)20-4-2/h5-10,17H,3-4,11H2,1-2H3,(H,18,19). The van der Waals surface area contributed by atoms with Crippen molar-refractivity contribution < 1.29 is 4.74 Å². The largest absolute Gasteiger partial charge is 0.493 e. The Hall–Kier alpha value is -2.07. The molecule has 0 aliphatic heterocycles. The molecule has 0 atom stereocenters. The van der Waals surface area contributed by atoms with E-state index in [2.05, 4.69) is 10.3 Å². The molecule has 0 saturated carbocycles. The van der Waals surface area contributed by atoms with Gasteiger partial charge in [0, 0.05) is 17.7 Å². The third-order valence-electron chi connectivity index (χ3n) is 3.03. The summed E-state index contributed by atoms with van der Waals surface area (Å²) in [5, 5.41) is 3.15. The third-order valence-corrected chi connectivity index (χ3v) is 3.03. The Kier molecular flexibility index (Phi) is 4.96. The van der Waals surface area contributed by atoms with Crippen LogP contribution < -0.4 is 15.6 Å². The predicted molar refractivity (Wildman–Crippen MR) is 81.0 cm³/mol. The average Bonchev–Trinajstić information content (AvgIpc) is 2.47. The average molecular weight is 272 g/mol. The van der Waals surface area contributed by atoms with Crippen molar-refractivity contribution in [2.75, 3.05) is 13.2 Å². The highest BCUT2D eigenvalue weighted by atomic mass is 16.5. The molecule has 0 fully saturated rings. The molecule has 20 heavy (non-hydrogen) atoms. The van der Waals surface area contributed by atoms with Crippen LogP contribution in [0.1, 0.15) is 19.4 Å². The summed E-state index contributed by atoms with van der Waals surface area (Å²) in [6.07, 6.45) is 0. The van der Waals surface area contributed by atoms with Crippen molar-refractivity contribution >= 4 is 0 Å². The van der Waals surface area contributed by atoms with E-state index in [9.17, 15) is 4.79 Å². The molecular weight excluding hydrogens is 252 g/mol. The lowest BCUT2D eigenvalue weighted by Gasteiger charge is -2.10. The van der Waals surface area contributed by atoms with Gasteiger partial charge in [-0.05, 0) is 31.7 Å². The van der Waals surface area contributed by atoms with Gasteiger partial charge in [0.05, 0.1) is 12.3 Å². The van der Waals surface area contributed by atoms with Crippen LogP contribution in [0.4, 0.5) is 0 Å². The molecule has 2 rings (SSSR count).